The van der Waals surface area contributed by atoms with Gasteiger partial charge < -0.3 is 9.64 Å². The molecule has 1 amide bonds. The Morgan fingerprint density at radius 3 is 2.59 bits per heavy atom. The van der Waals surface area contributed by atoms with E-state index in [0.29, 0.717) is 30.7 Å². The van der Waals surface area contributed by atoms with Gasteiger partial charge in [-0.25, -0.2) is 0 Å². The van der Waals surface area contributed by atoms with Gasteiger partial charge in [0.15, 0.2) is 0 Å². The number of pyridine rings is 1. The molecule has 29 heavy (non-hydrogen) atoms. The molecule has 5 heteroatoms. The lowest BCUT2D eigenvalue weighted by molar-refractivity contribution is 0.0573. The third-order valence-corrected chi connectivity index (χ3v) is 6.35. The molecule has 1 unspecified atom stereocenters. The van der Waals surface area contributed by atoms with Crippen molar-refractivity contribution in [2.24, 2.45) is 5.92 Å². The van der Waals surface area contributed by atoms with Gasteiger partial charge in [-0.05, 0) is 61.4 Å². The summed E-state index contributed by atoms with van der Waals surface area (Å²) in [6, 6.07) is 13.1. The van der Waals surface area contributed by atoms with Crippen LogP contribution in [0, 0.1) is 5.92 Å². The Bertz CT molecular complexity index is 786. The molecule has 1 saturated heterocycles. The van der Waals surface area contributed by atoms with Gasteiger partial charge in [-0.3, -0.25) is 14.7 Å². The van der Waals surface area contributed by atoms with Gasteiger partial charge >= 0.3 is 0 Å². The molecule has 0 bridgehead atoms. The standard InChI is InChI=1S/C24H31N3O2/c1-29-14-13-27(24(28)20-8-10-25-11-9-20)18-19-5-4-12-26(17-19)23-15-21-6-2-3-7-22(21)16-23/h2-3,6-11,19,23H,4-5,12-18H2,1H3. The minimum absolute atomic E-state index is 0.0786. The normalized spacial score (nSPS) is 19.8. The van der Waals surface area contributed by atoms with Crippen molar-refractivity contribution in [3.05, 3.63) is 65.5 Å². The van der Waals surface area contributed by atoms with E-state index in [1.165, 1.54) is 30.5 Å². The van der Waals surface area contributed by atoms with E-state index < -0.39 is 0 Å². The second-order valence-corrected chi connectivity index (χ2v) is 8.31. The third kappa shape index (κ3) is 4.85. The number of carbonyl (C=O) groups is 1. The quantitative estimate of drug-likeness (QED) is 0.725. The van der Waals surface area contributed by atoms with Crippen LogP contribution in [0.15, 0.2) is 48.8 Å². The molecule has 4 rings (SSSR count). The molecule has 1 aromatic heterocycles. The number of amides is 1. The van der Waals surface area contributed by atoms with E-state index in [9.17, 15) is 4.79 Å². The van der Waals surface area contributed by atoms with Crippen molar-refractivity contribution in [1.29, 1.82) is 0 Å². The number of nitrogens with zero attached hydrogens (tertiary/aromatic N) is 3. The molecule has 1 aromatic carbocycles. The van der Waals surface area contributed by atoms with Crippen LogP contribution in [0.4, 0.5) is 0 Å². The number of hydrogen-bond donors (Lipinski definition) is 0. The molecule has 5 nitrogen and oxygen atoms in total. The molecule has 1 atom stereocenters. The Kier molecular flexibility index (Phi) is 6.57. The van der Waals surface area contributed by atoms with Gasteiger partial charge in [0.2, 0.25) is 0 Å². The average Bonchev–Trinajstić information content (AvgIpc) is 3.21. The number of rotatable bonds is 7. The Balaban J connectivity index is 1.39. The maximum atomic E-state index is 13.0. The number of carbonyl (C=O) groups excluding carboxylic acids is 1. The molecule has 1 fully saturated rings. The largest absolute Gasteiger partial charge is 0.383 e. The van der Waals surface area contributed by atoms with Gasteiger partial charge in [0, 0.05) is 50.7 Å². The lowest BCUT2D eigenvalue weighted by Gasteiger charge is -2.38. The minimum atomic E-state index is 0.0786. The van der Waals surface area contributed by atoms with Crippen molar-refractivity contribution in [3.8, 4) is 0 Å². The molecular formula is C24H31N3O2. The molecule has 0 radical (unpaired) electrons. The van der Waals surface area contributed by atoms with E-state index in [2.05, 4.69) is 34.1 Å². The summed E-state index contributed by atoms with van der Waals surface area (Å²) >= 11 is 0. The summed E-state index contributed by atoms with van der Waals surface area (Å²) in [5.74, 6) is 0.588. The highest BCUT2D eigenvalue weighted by molar-refractivity contribution is 5.94. The van der Waals surface area contributed by atoms with E-state index in [1.807, 2.05) is 4.90 Å². The van der Waals surface area contributed by atoms with E-state index in [-0.39, 0.29) is 5.91 Å². The summed E-state index contributed by atoms with van der Waals surface area (Å²) < 4.78 is 5.27. The van der Waals surface area contributed by atoms with Gasteiger partial charge in [0.25, 0.3) is 5.91 Å². The van der Waals surface area contributed by atoms with Crippen LogP contribution in [0.5, 0.6) is 0 Å². The summed E-state index contributed by atoms with van der Waals surface area (Å²) in [6.07, 6.45) is 8.07. The number of aromatic nitrogens is 1. The van der Waals surface area contributed by atoms with E-state index in [0.717, 1.165) is 25.9 Å². The number of piperidine rings is 1. The minimum Gasteiger partial charge on any atom is -0.383 e. The predicted molar refractivity (Wildman–Crippen MR) is 114 cm³/mol. The van der Waals surface area contributed by atoms with Crippen LogP contribution in [0.2, 0.25) is 0 Å². The van der Waals surface area contributed by atoms with Crippen LogP contribution in [0.25, 0.3) is 0 Å². The number of hydrogen-bond acceptors (Lipinski definition) is 4. The van der Waals surface area contributed by atoms with Crippen LogP contribution in [0.1, 0.15) is 34.3 Å². The Labute approximate surface area is 173 Å². The zero-order chi connectivity index (χ0) is 20.1. The number of benzene rings is 1. The number of likely N-dealkylation sites (tertiary alicyclic amines) is 1. The molecule has 154 valence electrons. The second kappa shape index (κ2) is 9.51. The third-order valence-electron chi connectivity index (χ3n) is 6.35. The number of methoxy groups -OCH3 is 1. The number of fused-ring (bicyclic) bond motifs is 1. The summed E-state index contributed by atoms with van der Waals surface area (Å²) in [7, 11) is 1.69. The highest BCUT2D eigenvalue weighted by Crippen LogP contribution is 2.29. The number of ether oxygens (including phenoxy) is 1. The Morgan fingerprint density at radius 2 is 1.90 bits per heavy atom. The maximum Gasteiger partial charge on any atom is 0.254 e. The van der Waals surface area contributed by atoms with Crippen LogP contribution < -0.4 is 0 Å². The van der Waals surface area contributed by atoms with Crippen molar-refractivity contribution in [3.63, 3.8) is 0 Å². The molecule has 2 aromatic rings. The predicted octanol–water partition coefficient (Wildman–Crippen LogP) is 3.05. The van der Waals surface area contributed by atoms with Crippen LogP contribution in [0.3, 0.4) is 0 Å². The fourth-order valence-corrected chi connectivity index (χ4v) is 4.84. The molecule has 2 heterocycles. The molecule has 0 saturated carbocycles. The fourth-order valence-electron chi connectivity index (χ4n) is 4.84. The lowest BCUT2D eigenvalue weighted by atomic mass is 9.95. The van der Waals surface area contributed by atoms with Crippen LogP contribution >= 0.6 is 0 Å². The summed E-state index contributed by atoms with van der Waals surface area (Å²) in [4.78, 5) is 21.7. The van der Waals surface area contributed by atoms with Gasteiger partial charge in [0.1, 0.15) is 0 Å². The molecule has 0 spiro atoms. The monoisotopic (exact) mass is 393 g/mol. The highest BCUT2D eigenvalue weighted by atomic mass is 16.5. The van der Waals surface area contributed by atoms with Crippen LogP contribution in [-0.4, -0.2) is 66.6 Å². The second-order valence-electron chi connectivity index (χ2n) is 8.31. The van der Waals surface area contributed by atoms with Gasteiger partial charge in [0.05, 0.1) is 6.61 Å². The molecule has 1 aliphatic heterocycles. The van der Waals surface area contributed by atoms with E-state index in [1.54, 1.807) is 31.6 Å². The van der Waals surface area contributed by atoms with E-state index in [4.69, 9.17) is 4.74 Å². The highest BCUT2D eigenvalue weighted by Gasteiger charge is 2.31. The molecule has 1 aliphatic carbocycles. The molecular weight excluding hydrogens is 362 g/mol. The smallest absolute Gasteiger partial charge is 0.254 e. The first kappa shape index (κ1) is 20.0. The SMILES string of the molecule is COCCN(CC1CCCN(C2Cc3ccccc3C2)C1)C(=O)c1ccncc1. The topological polar surface area (TPSA) is 45.7 Å². The van der Waals surface area contributed by atoms with Crippen LogP contribution in [-0.2, 0) is 17.6 Å². The van der Waals surface area contributed by atoms with Gasteiger partial charge in [-0.2, -0.15) is 0 Å². The van der Waals surface area contributed by atoms with E-state index >= 15 is 0 Å². The first-order valence-corrected chi connectivity index (χ1v) is 10.7. The van der Waals surface area contributed by atoms with Gasteiger partial charge in [-0.1, -0.05) is 24.3 Å². The van der Waals surface area contributed by atoms with Crippen molar-refractivity contribution in [2.45, 2.75) is 31.7 Å². The summed E-state index contributed by atoms with van der Waals surface area (Å²) in [6.45, 7) is 4.23. The molecule has 2 aliphatic rings. The molecule has 0 N–H and O–H groups in total. The van der Waals surface area contributed by atoms with Crippen molar-refractivity contribution in [2.75, 3.05) is 39.9 Å². The van der Waals surface area contributed by atoms with Crippen molar-refractivity contribution < 1.29 is 9.53 Å². The summed E-state index contributed by atoms with van der Waals surface area (Å²) in [5.41, 5.74) is 3.72. The first-order valence-electron chi connectivity index (χ1n) is 10.7. The van der Waals surface area contributed by atoms with Gasteiger partial charge in [-0.15, -0.1) is 0 Å². The van der Waals surface area contributed by atoms with Crippen molar-refractivity contribution in [1.82, 2.24) is 14.8 Å². The lowest BCUT2D eigenvalue weighted by Crippen LogP contribution is -2.47. The maximum absolute atomic E-state index is 13.0. The average molecular weight is 394 g/mol. The Morgan fingerprint density at radius 1 is 1.17 bits per heavy atom. The first-order chi connectivity index (χ1) is 14.2. The zero-order valence-electron chi connectivity index (χ0n) is 17.3. The Hall–Kier alpha value is -2.24. The fraction of sp³-hybridized carbons (Fsp3) is 0.500. The van der Waals surface area contributed by atoms with Crippen molar-refractivity contribution >= 4 is 5.91 Å². The summed E-state index contributed by atoms with van der Waals surface area (Å²) in [5, 5.41) is 0. The zero-order valence-corrected chi connectivity index (χ0v) is 17.3.